The van der Waals surface area contributed by atoms with Crippen LogP contribution in [0, 0.1) is 0 Å². The molecule has 0 bridgehead atoms. The summed E-state index contributed by atoms with van der Waals surface area (Å²) < 4.78 is 28.2. The molecule has 0 saturated carbocycles. The van der Waals surface area contributed by atoms with Crippen LogP contribution in [0.4, 0.5) is 0 Å². The number of rotatable bonds is 4. The van der Waals surface area contributed by atoms with Crippen LogP contribution in [-0.4, -0.2) is 50.6 Å². The van der Waals surface area contributed by atoms with Gasteiger partial charge in [0.25, 0.3) is 10.0 Å². The van der Waals surface area contributed by atoms with Crippen molar-refractivity contribution in [3.8, 4) is 0 Å². The number of sulfonamides is 1. The molecule has 2 aromatic rings. The number of hydrogen-bond donors (Lipinski definition) is 0. The Morgan fingerprint density at radius 3 is 2.35 bits per heavy atom. The van der Waals surface area contributed by atoms with E-state index in [1.807, 2.05) is 37.3 Å². The molecule has 7 heteroatoms. The van der Waals surface area contributed by atoms with Gasteiger partial charge in [0.05, 0.1) is 12.6 Å². The second-order valence-corrected chi connectivity index (χ2v) is 7.91. The molecule has 0 spiro atoms. The number of amidine groups is 1. The number of carbonyl (C=O) groups is 1. The SMILES string of the molecule is CC(c1ccccc1)N(C)C(=O)CN(C)C1=NS(=O)(=O)c2ccccc21. The summed E-state index contributed by atoms with van der Waals surface area (Å²) in [4.78, 5) is 16.1. The molecule has 0 radical (unpaired) electrons. The highest BCUT2D eigenvalue weighted by molar-refractivity contribution is 7.90. The summed E-state index contributed by atoms with van der Waals surface area (Å²) >= 11 is 0. The van der Waals surface area contributed by atoms with E-state index in [9.17, 15) is 13.2 Å². The average Bonchev–Trinajstić information content (AvgIpc) is 2.93. The molecule has 3 rings (SSSR count). The monoisotopic (exact) mass is 371 g/mol. The number of fused-ring (bicyclic) bond motifs is 1. The Balaban J connectivity index is 1.76. The molecular formula is C19H21N3O3S. The Labute approximate surface area is 153 Å². The van der Waals surface area contributed by atoms with E-state index >= 15 is 0 Å². The van der Waals surface area contributed by atoms with Crippen LogP contribution in [0.1, 0.15) is 24.1 Å². The van der Waals surface area contributed by atoms with Gasteiger partial charge in [-0.3, -0.25) is 4.79 Å². The first-order valence-electron chi connectivity index (χ1n) is 8.27. The van der Waals surface area contributed by atoms with Gasteiger partial charge in [0.1, 0.15) is 4.90 Å². The maximum atomic E-state index is 12.7. The molecule has 0 fully saturated rings. The summed E-state index contributed by atoms with van der Waals surface area (Å²) in [5.74, 6) is 0.183. The highest BCUT2D eigenvalue weighted by Crippen LogP contribution is 2.27. The van der Waals surface area contributed by atoms with E-state index in [0.29, 0.717) is 11.4 Å². The van der Waals surface area contributed by atoms with Crippen molar-refractivity contribution >= 4 is 21.8 Å². The molecule has 1 aliphatic heterocycles. The van der Waals surface area contributed by atoms with Crippen molar-refractivity contribution in [3.05, 3.63) is 65.7 Å². The van der Waals surface area contributed by atoms with E-state index in [-0.39, 0.29) is 23.4 Å². The first kappa shape index (κ1) is 18.1. The first-order chi connectivity index (χ1) is 12.3. The van der Waals surface area contributed by atoms with Crippen LogP contribution in [0.2, 0.25) is 0 Å². The molecule has 0 N–H and O–H groups in total. The molecular weight excluding hydrogens is 350 g/mol. The Hall–Kier alpha value is -2.67. The standard InChI is InChI=1S/C19H21N3O3S/c1-14(15-9-5-4-6-10-15)22(3)18(23)13-21(2)19-16-11-7-8-12-17(16)26(24,25)20-19/h4-12,14H,13H2,1-3H3. The van der Waals surface area contributed by atoms with Crippen LogP contribution in [0.5, 0.6) is 0 Å². The lowest BCUT2D eigenvalue weighted by Gasteiger charge is -2.28. The van der Waals surface area contributed by atoms with Crippen LogP contribution in [0.25, 0.3) is 0 Å². The minimum Gasteiger partial charge on any atom is -0.349 e. The second kappa shape index (κ2) is 6.92. The van der Waals surface area contributed by atoms with Crippen LogP contribution in [0.15, 0.2) is 63.9 Å². The number of hydrogen-bond acceptors (Lipinski definition) is 4. The number of nitrogens with zero attached hydrogens (tertiary/aromatic N) is 3. The van der Waals surface area contributed by atoms with Gasteiger partial charge in [0, 0.05) is 19.7 Å². The van der Waals surface area contributed by atoms with E-state index in [1.54, 1.807) is 42.1 Å². The van der Waals surface area contributed by atoms with Gasteiger partial charge in [-0.15, -0.1) is 4.40 Å². The smallest absolute Gasteiger partial charge is 0.285 e. The molecule has 1 atom stereocenters. The van der Waals surface area contributed by atoms with Crippen LogP contribution in [-0.2, 0) is 14.8 Å². The summed E-state index contributed by atoms with van der Waals surface area (Å²) in [6.45, 7) is 2.00. The lowest BCUT2D eigenvalue weighted by atomic mass is 10.1. The van der Waals surface area contributed by atoms with Crippen molar-refractivity contribution in [3.63, 3.8) is 0 Å². The highest BCUT2D eigenvalue weighted by Gasteiger charge is 2.31. The molecule has 0 saturated heterocycles. The molecule has 6 nitrogen and oxygen atoms in total. The van der Waals surface area contributed by atoms with Crippen molar-refractivity contribution in [2.75, 3.05) is 20.6 Å². The number of amides is 1. The quantitative estimate of drug-likeness (QED) is 0.827. The topological polar surface area (TPSA) is 70.1 Å². The molecule has 26 heavy (non-hydrogen) atoms. The van der Waals surface area contributed by atoms with Crippen molar-refractivity contribution in [2.24, 2.45) is 4.40 Å². The van der Waals surface area contributed by atoms with Gasteiger partial charge in [-0.25, -0.2) is 0 Å². The largest absolute Gasteiger partial charge is 0.349 e. The van der Waals surface area contributed by atoms with Gasteiger partial charge in [0.2, 0.25) is 5.91 Å². The van der Waals surface area contributed by atoms with Crippen molar-refractivity contribution in [2.45, 2.75) is 17.9 Å². The lowest BCUT2D eigenvalue weighted by molar-refractivity contribution is -0.131. The summed E-state index contributed by atoms with van der Waals surface area (Å²) in [6, 6.07) is 16.3. The normalized spacial score (nSPS) is 15.7. The van der Waals surface area contributed by atoms with Crippen molar-refractivity contribution in [1.82, 2.24) is 9.80 Å². The molecule has 2 aromatic carbocycles. The van der Waals surface area contributed by atoms with Crippen LogP contribution in [0.3, 0.4) is 0 Å². The van der Waals surface area contributed by atoms with Gasteiger partial charge in [-0.2, -0.15) is 8.42 Å². The number of carbonyl (C=O) groups excluding carboxylic acids is 1. The first-order valence-corrected chi connectivity index (χ1v) is 9.71. The third-order valence-corrected chi connectivity index (χ3v) is 5.93. The van der Waals surface area contributed by atoms with E-state index < -0.39 is 10.0 Å². The molecule has 1 heterocycles. The summed E-state index contributed by atoms with van der Waals surface area (Å²) in [6.07, 6.45) is 0. The molecule has 1 aliphatic rings. The summed E-state index contributed by atoms with van der Waals surface area (Å²) in [5.41, 5.74) is 1.57. The Morgan fingerprint density at radius 1 is 1.04 bits per heavy atom. The maximum absolute atomic E-state index is 12.7. The fraction of sp³-hybridized carbons (Fsp3) is 0.263. The molecule has 136 valence electrons. The van der Waals surface area contributed by atoms with Gasteiger partial charge in [0.15, 0.2) is 5.84 Å². The maximum Gasteiger partial charge on any atom is 0.285 e. The molecule has 1 amide bonds. The minimum absolute atomic E-state index is 0.0381. The average molecular weight is 371 g/mol. The van der Waals surface area contributed by atoms with E-state index in [4.69, 9.17) is 0 Å². The zero-order chi connectivity index (χ0) is 18.9. The number of likely N-dealkylation sites (N-methyl/N-ethyl adjacent to an activating group) is 2. The van der Waals surface area contributed by atoms with Crippen molar-refractivity contribution in [1.29, 1.82) is 0 Å². The Morgan fingerprint density at radius 2 is 1.65 bits per heavy atom. The van der Waals surface area contributed by atoms with Gasteiger partial charge in [-0.05, 0) is 24.6 Å². The fourth-order valence-electron chi connectivity index (χ4n) is 2.92. The molecule has 0 aliphatic carbocycles. The number of benzene rings is 2. The van der Waals surface area contributed by atoms with Gasteiger partial charge in [-0.1, -0.05) is 42.5 Å². The molecule has 0 aromatic heterocycles. The van der Waals surface area contributed by atoms with Gasteiger partial charge >= 0.3 is 0 Å². The Bertz CT molecular complexity index is 955. The predicted molar refractivity (Wildman–Crippen MR) is 100 cm³/mol. The van der Waals surface area contributed by atoms with E-state index in [1.165, 1.54) is 6.07 Å². The third kappa shape index (κ3) is 3.35. The summed E-state index contributed by atoms with van der Waals surface area (Å²) in [5, 5.41) is 0. The highest BCUT2D eigenvalue weighted by atomic mass is 32.2. The fourth-order valence-corrected chi connectivity index (χ4v) is 4.18. The Kier molecular flexibility index (Phi) is 4.82. The second-order valence-electron chi connectivity index (χ2n) is 6.33. The van der Waals surface area contributed by atoms with Crippen LogP contribution < -0.4 is 0 Å². The van der Waals surface area contributed by atoms with E-state index in [2.05, 4.69) is 4.40 Å². The minimum atomic E-state index is -3.69. The molecule has 1 unspecified atom stereocenters. The predicted octanol–water partition coefficient (Wildman–Crippen LogP) is 2.29. The van der Waals surface area contributed by atoms with Crippen molar-refractivity contribution < 1.29 is 13.2 Å². The van der Waals surface area contributed by atoms with E-state index in [0.717, 1.165) is 5.56 Å². The zero-order valence-corrected chi connectivity index (χ0v) is 15.8. The zero-order valence-electron chi connectivity index (χ0n) is 15.0. The third-order valence-electron chi connectivity index (χ3n) is 4.60. The lowest BCUT2D eigenvalue weighted by Crippen LogP contribution is -2.40. The summed E-state index contributed by atoms with van der Waals surface area (Å²) in [7, 11) is -0.273. The van der Waals surface area contributed by atoms with Gasteiger partial charge < -0.3 is 9.80 Å². The van der Waals surface area contributed by atoms with Crippen LogP contribution >= 0.6 is 0 Å².